The van der Waals surface area contributed by atoms with Gasteiger partial charge in [-0.05, 0) is 17.9 Å². The van der Waals surface area contributed by atoms with Crippen LogP contribution in [0.15, 0.2) is 42.6 Å². The van der Waals surface area contributed by atoms with Crippen molar-refractivity contribution in [1.29, 1.82) is 0 Å². The summed E-state index contributed by atoms with van der Waals surface area (Å²) in [6, 6.07) is 11.6. The topological polar surface area (TPSA) is 81.1 Å². The van der Waals surface area contributed by atoms with E-state index < -0.39 is 9.84 Å². The largest absolute Gasteiger partial charge is 0.309 e. The third-order valence-electron chi connectivity index (χ3n) is 3.79. The van der Waals surface area contributed by atoms with Gasteiger partial charge in [-0.2, -0.15) is 5.10 Å². The zero-order valence-electron chi connectivity index (χ0n) is 14.0. The Morgan fingerprint density at radius 1 is 1.25 bits per heavy atom. The van der Waals surface area contributed by atoms with Gasteiger partial charge in [0.1, 0.15) is 9.84 Å². The predicted molar refractivity (Wildman–Crippen MR) is 94.7 cm³/mol. The average molecular weight is 349 g/mol. The standard InChI is InChI=1S/C17H23N3O3S/c1-3-14(15-7-5-4-6-8-15)13-17(21)18-16-9-10-20(19-16)11-12-24(2,22)23/h4-10,14H,3,11-13H2,1-2H3,(H,18,19,21)/t14-/m0/s1. The van der Waals surface area contributed by atoms with E-state index >= 15 is 0 Å². The summed E-state index contributed by atoms with van der Waals surface area (Å²) in [5, 5.41) is 6.95. The number of nitrogens with one attached hydrogen (secondary N) is 1. The van der Waals surface area contributed by atoms with E-state index in [0.29, 0.717) is 12.2 Å². The molecule has 1 aromatic heterocycles. The molecule has 1 atom stereocenters. The highest BCUT2D eigenvalue weighted by Crippen LogP contribution is 2.23. The van der Waals surface area contributed by atoms with E-state index in [9.17, 15) is 13.2 Å². The molecule has 0 saturated heterocycles. The minimum absolute atomic E-state index is 0.0218. The zero-order chi connectivity index (χ0) is 17.6. The SMILES string of the molecule is CC[C@@H](CC(=O)Nc1ccn(CCS(C)(=O)=O)n1)c1ccccc1. The highest BCUT2D eigenvalue weighted by molar-refractivity contribution is 7.90. The van der Waals surface area contributed by atoms with Crippen molar-refractivity contribution < 1.29 is 13.2 Å². The summed E-state index contributed by atoms with van der Waals surface area (Å²) in [4.78, 5) is 12.2. The fraction of sp³-hybridized carbons (Fsp3) is 0.412. The lowest BCUT2D eigenvalue weighted by molar-refractivity contribution is -0.116. The highest BCUT2D eigenvalue weighted by atomic mass is 32.2. The van der Waals surface area contributed by atoms with E-state index in [1.165, 1.54) is 10.9 Å². The van der Waals surface area contributed by atoms with Crippen LogP contribution in [-0.4, -0.2) is 36.1 Å². The first-order chi connectivity index (χ1) is 11.4. The lowest BCUT2D eigenvalue weighted by atomic mass is 9.93. The van der Waals surface area contributed by atoms with Crippen LogP contribution in [0, 0.1) is 0 Å². The van der Waals surface area contributed by atoms with Crippen LogP contribution in [-0.2, 0) is 21.2 Å². The lowest BCUT2D eigenvalue weighted by Crippen LogP contribution is -2.16. The van der Waals surface area contributed by atoms with E-state index in [2.05, 4.69) is 17.3 Å². The fourth-order valence-corrected chi connectivity index (χ4v) is 2.97. The molecule has 0 unspecified atom stereocenters. The number of carbonyl (C=O) groups excluding carboxylic acids is 1. The van der Waals surface area contributed by atoms with Gasteiger partial charge in [0, 0.05) is 24.9 Å². The van der Waals surface area contributed by atoms with Gasteiger partial charge in [-0.1, -0.05) is 37.3 Å². The number of hydrogen-bond acceptors (Lipinski definition) is 4. The Hall–Kier alpha value is -2.15. The molecule has 1 N–H and O–H groups in total. The number of anilines is 1. The molecule has 0 aliphatic carbocycles. The number of aryl methyl sites for hydroxylation is 1. The molecule has 24 heavy (non-hydrogen) atoms. The van der Waals surface area contributed by atoms with Gasteiger partial charge in [-0.3, -0.25) is 9.48 Å². The summed E-state index contributed by atoms with van der Waals surface area (Å²) in [6.07, 6.45) is 4.11. The first-order valence-corrected chi connectivity index (χ1v) is 9.99. The lowest BCUT2D eigenvalue weighted by Gasteiger charge is -2.14. The predicted octanol–water partition coefficient (Wildman–Crippen LogP) is 2.45. The van der Waals surface area contributed by atoms with Crippen LogP contribution < -0.4 is 5.32 Å². The van der Waals surface area contributed by atoms with Crippen LogP contribution in [0.4, 0.5) is 5.82 Å². The number of benzene rings is 1. The van der Waals surface area contributed by atoms with E-state index in [4.69, 9.17) is 0 Å². The first-order valence-electron chi connectivity index (χ1n) is 7.93. The van der Waals surface area contributed by atoms with Crippen LogP contribution in [0.5, 0.6) is 0 Å². The molecule has 2 rings (SSSR count). The Morgan fingerprint density at radius 2 is 1.96 bits per heavy atom. The molecule has 2 aromatic rings. The molecule has 7 heteroatoms. The molecule has 0 spiro atoms. The Bertz CT molecular complexity index is 769. The van der Waals surface area contributed by atoms with Crippen molar-refractivity contribution in [3.63, 3.8) is 0 Å². The van der Waals surface area contributed by atoms with Crippen molar-refractivity contribution in [1.82, 2.24) is 9.78 Å². The second kappa shape index (κ2) is 8.10. The van der Waals surface area contributed by atoms with Gasteiger partial charge < -0.3 is 5.32 Å². The summed E-state index contributed by atoms with van der Waals surface area (Å²) < 4.78 is 23.9. The molecule has 1 amide bonds. The zero-order valence-corrected chi connectivity index (χ0v) is 14.8. The summed E-state index contributed by atoms with van der Waals surface area (Å²) in [7, 11) is -3.03. The fourth-order valence-electron chi connectivity index (χ4n) is 2.45. The molecule has 130 valence electrons. The van der Waals surface area contributed by atoms with Gasteiger partial charge in [0.2, 0.25) is 5.91 Å². The van der Waals surface area contributed by atoms with Gasteiger partial charge in [-0.15, -0.1) is 0 Å². The van der Waals surface area contributed by atoms with Crippen molar-refractivity contribution in [2.75, 3.05) is 17.3 Å². The van der Waals surface area contributed by atoms with Gasteiger partial charge in [0.15, 0.2) is 5.82 Å². The molecule has 0 aliphatic heterocycles. The molecule has 0 fully saturated rings. The summed E-state index contributed by atoms with van der Waals surface area (Å²) >= 11 is 0. The van der Waals surface area contributed by atoms with Crippen molar-refractivity contribution >= 4 is 21.6 Å². The van der Waals surface area contributed by atoms with Crippen molar-refractivity contribution in [3.05, 3.63) is 48.2 Å². The molecule has 1 aromatic carbocycles. The maximum absolute atomic E-state index is 12.2. The van der Waals surface area contributed by atoms with Crippen molar-refractivity contribution in [2.45, 2.75) is 32.2 Å². The van der Waals surface area contributed by atoms with Gasteiger partial charge in [-0.25, -0.2) is 8.42 Å². The number of aromatic nitrogens is 2. The monoisotopic (exact) mass is 349 g/mol. The van der Waals surface area contributed by atoms with Crippen LogP contribution in [0.2, 0.25) is 0 Å². The van der Waals surface area contributed by atoms with E-state index in [1.54, 1.807) is 12.3 Å². The molecule has 0 saturated carbocycles. The Balaban J connectivity index is 1.91. The Morgan fingerprint density at radius 3 is 2.58 bits per heavy atom. The number of nitrogens with zero attached hydrogens (tertiary/aromatic N) is 2. The smallest absolute Gasteiger partial charge is 0.226 e. The van der Waals surface area contributed by atoms with Gasteiger partial charge in [0.05, 0.1) is 12.3 Å². The summed E-state index contributed by atoms with van der Waals surface area (Å²) in [5.41, 5.74) is 1.15. The molecule has 6 nitrogen and oxygen atoms in total. The minimum atomic E-state index is -3.03. The summed E-state index contributed by atoms with van der Waals surface area (Å²) in [6.45, 7) is 2.33. The van der Waals surface area contributed by atoms with E-state index in [1.807, 2.05) is 30.3 Å². The maximum atomic E-state index is 12.2. The minimum Gasteiger partial charge on any atom is -0.309 e. The first kappa shape index (κ1) is 18.2. The number of sulfone groups is 1. The average Bonchev–Trinajstić information content (AvgIpc) is 2.98. The maximum Gasteiger partial charge on any atom is 0.226 e. The summed E-state index contributed by atoms with van der Waals surface area (Å²) in [5.74, 6) is 0.530. The van der Waals surface area contributed by atoms with Gasteiger partial charge in [0.25, 0.3) is 0 Å². The number of carbonyl (C=O) groups is 1. The third-order valence-corrected chi connectivity index (χ3v) is 4.72. The molecule has 0 bridgehead atoms. The second-order valence-electron chi connectivity index (χ2n) is 5.86. The number of hydrogen-bond donors (Lipinski definition) is 1. The number of rotatable bonds is 8. The van der Waals surface area contributed by atoms with E-state index in [-0.39, 0.29) is 24.1 Å². The second-order valence-corrected chi connectivity index (χ2v) is 8.12. The molecular weight excluding hydrogens is 326 g/mol. The van der Waals surface area contributed by atoms with E-state index in [0.717, 1.165) is 12.0 Å². The van der Waals surface area contributed by atoms with Crippen LogP contribution in [0.25, 0.3) is 0 Å². The third kappa shape index (κ3) is 5.81. The molecule has 1 heterocycles. The van der Waals surface area contributed by atoms with Crippen molar-refractivity contribution in [3.8, 4) is 0 Å². The molecule has 0 aliphatic rings. The van der Waals surface area contributed by atoms with Crippen LogP contribution in [0.3, 0.4) is 0 Å². The van der Waals surface area contributed by atoms with Crippen molar-refractivity contribution in [2.24, 2.45) is 0 Å². The Kier molecular flexibility index (Phi) is 6.14. The molecular formula is C17H23N3O3S. The molecule has 0 radical (unpaired) electrons. The quantitative estimate of drug-likeness (QED) is 0.794. The highest BCUT2D eigenvalue weighted by Gasteiger charge is 2.15. The Labute approximate surface area is 142 Å². The van der Waals surface area contributed by atoms with Crippen LogP contribution in [0.1, 0.15) is 31.2 Å². The number of amides is 1. The normalized spacial score (nSPS) is 12.8. The van der Waals surface area contributed by atoms with Gasteiger partial charge >= 0.3 is 0 Å². The van der Waals surface area contributed by atoms with Crippen LogP contribution >= 0.6 is 0 Å².